The normalized spacial score (nSPS) is 11.6. The molecule has 0 saturated heterocycles. The van der Waals surface area contributed by atoms with Crippen molar-refractivity contribution < 1.29 is 18.7 Å². The Balaban J connectivity index is 1.52. The fourth-order valence-corrected chi connectivity index (χ4v) is 4.54. The number of ether oxygens (including phenoxy) is 2. The van der Waals surface area contributed by atoms with Crippen molar-refractivity contribution in [1.82, 2.24) is 19.7 Å². The lowest BCUT2D eigenvalue weighted by Crippen LogP contribution is -2.38. The number of amides is 1. The number of rotatable bonds is 11. The van der Waals surface area contributed by atoms with Crippen LogP contribution in [-0.2, 0) is 11.2 Å². The molecule has 0 aliphatic carbocycles. The van der Waals surface area contributed by atoms with E-state index in [4.69, 9.17) is 15.2 Å². The summed E-state index contributed by atoms with van der Waals surface area (Å²) in [7, 11) is 3.87. The van der Waals surface area contributed by atoms with Crippen molar-refractivity contribution in [2.75, 3.05) is 32.2 Å². The van der Waals surface area contributed by atoms with E-state index in [2.05, 4.69) is 29.8 Å². The van der Waals surface area contributed by atoms with Crippen LogP contribution in [0.15, 0.2) is 48.9 Å². The van der Waals surface area contributed by atoms with Crippen LogP contribution in [0.4, 0.5) is 15.9 Å². The maximum Gasteiger partial charge on any atom is 0.251 e. The first-order valence-electron chi connectivity index (χ1n) is 12.6. The summed E-state index contributed by atoms with van der Waals surface area (Å²) in [5.41, 5.74) is 9.71. The molecule has 11 heteroatoms. The molecule has 2 aromatic heterocycles. The zero-order valence-electron chi connectivity index (χ0n) is 22.5. The van der Waals surface area contributed by atoms with Crippen LogP contribution >= 0.6 is 9.24 Å². The fraction of sp³-hybridized carbons (Fsp3) is 0.321. The molecule has 0 aliphatic heterocycles. The third kappa shape index (κ3) is 6.53. The third-order valence-electron chi connectivity index (χ3n) is 6.07. The van der Waals surface area contributed by atoms with Gasteiger partial charge in [0.15, 0.2) is 23.0 Å². The van der Waals surface area contributed by atoms with E-state index in [-0.39, 0.29) is 11.7 Å². The molecule has 2 aromatic carbocycles. The van der Waals surface area contributed by atoms with E-state index in [0.29, 0.717) is 59.8 Å². The molecule has 2 heterocycles. The zero-order chi connectivity index (χ0) is 28.2. The topological polar surface area (TPSA) is 116 Å². The maximum atomic E-state index is 14.7. The minimum atomic E-state index is -0.439. The third-order valence-corrected chi connectivity index (χ3v) is 6.63. The number of halogens is 1. The van der Waals surface area contributed by atoms with Gasteiger partial charge in [-0.15, -0.1) is 9.24 Å². The SMILES string of the molecule is CCc1cc(Nc2nccn3c(-c4ccc(OC)c(F)c4P)cnc23)ccc1C(=O)NCCOCC(C)(C)N. The summed E-state index contributed by atoms with van der Waals surface area (Å²) in [6.07, 6.45) is 5.78. The number of nitrogens with two attached hydrogens (primary N) is 1. The standard InChI is InChI=1S/C28H34FN6O3P/c1-5-17-14-18(6-7-19(17)27(36)32-11-13-38-16-28(2,3)30)34-25-26-33-15-21(35(26)12-10-31-25)20-8-9-22(37-4)23(29)24(20)39/h6-10,12,14-15H,5,11,13,16,30,39H2,1-4H3,(H,31,34)(H,32,36). The van der Waals surface area contributed by atoms with Gasteiger partial charge in [0.1, 0.15) is 0 Å². The van der Waals surface area contributed by atoms with Crippen molar-refractivity contribution in [2.45, 2.75) is 32.7 Å². The smallest absolute Gasteiger partial charge is 0.251 e. The van der Waals surface area contributed by atoms with Gasteiger partial charge in [0.25, 0.3) is 5.91 Å². The van der Waals surface area contributed by atoms with Crippen LogP contribution in [0.2, 0.25) is 0 Å². The maximum absolute atomic E-state index is 14.7. The van der Waals surface area contributed by atoms with Gasteiger partial charge in [0, 0.05) is 46.6 Å². The van der Waals surface area contributed by atoms with Crippen molar-refractivity contribution in [3.8, 4) is 17.0 Å². The number of carbonyl (C=O) groups is 1. The number of imidazole rings is 1. The highest BCUT2D eigenvalue weighted by Gasteiger charge is 2.17. The first-order valence-corrected chi connectivity index (χ1v) is 13.2. The molecule has 1 unspecified atom stereocenters. The van der Waals surface area contributed by atoms with E-state index in [1.807, 2.05) is 37.3 Å². The number of benzene rings is 2. The number of aromatic nitrogens is 3. The summed E-state index contributed by atoms with van der Waals surface area (Å²) in [6, 6.07) is 8.94. The molecule has 0 radical (unpaired) electrons. The Hall–Kier alpha value is -3.59. The first-order chi connectivity index (χ1) is 18.6. The summed E-state index contributed by atoms with van der Waals surface area (Å²) >= 11 is 0. The van der Waals surface area contributed by atoms with Gasteiger partial charge in [-0.2, -0.15) is 0 Å². The average Bonchev–Trinajstić information content (AvgIpc) is 3.34. The molecule has 4 N–H and O–H groups in total. The molecule has 1 atom stereocenters. The summed E-state index contributed by atoms with van der Waals surface area (Å²) < 4.78 is 27.1. The molecule has 9 nitrogen and oxygen atoms in total. The van der Waals surface area contributed by atoms with Gasteiger partial charge in [-0.05, 0) is 56.2 Å². The number of nitrogens with zero attached hydrogens (tertiary/aromatic N) is 3. The summed E-state index contributed by atoms with van der Waals surface area (Å²) in [5.74, 6) is 0.106. The number of fused-ring (bicyclic) bond motifs is 1. The Kier molecular flexibility index (Phi) is 8.80. The molecule has 0 aliphatic rings. The minimum absolute atomic E-state index is 0.160. The van der Waals surface area contributed by atoms with Gasteiger partial charge in [0.2, 0.25) is 0 Å². The van der Waals surface area contributed by atoms with Crippen LogP contribution in [0, 0.1) is 5.82 Å². The van der Waals surface area contributed by atoms with Crippen LogP contribution < -0.4 is 26.4 Å². The van der Waals surface area contributed by atoms with Gasteiger partial charge in [-0.3, -0.25) is 9.20 Å². The molecule has 0 bridgehead atoms. The van der Waals surface area contributed by atoms with E-state index in [1.54, 1.807) is 36.8 Å². The Morgan fingerprint density at radius 2 is 2.03 bits per heavy atom. The molecule has 0 spiro atoms. The molecule has 206 valence electrons. The number of aryl methyl sites for hydroxylation is 1. The van der Waals surface area contributed by atoms with Crippen molar-refractivity contribution in [2.24, 2.45) is 5.73 Å². The van der Waals surface area contributed by atoms with Crippen molar-refractivity contribution in [3.63, 3.8) is 0 Å². The highest BCUT2D eigenvalue weighted by atomic mass is 31.0. The minimum Gasteiger partial charge on any atom is -0.494 e. The molecule has 4 aromatic rings. The quantitative estimate of drug-likeness (QED) is 0.191. The number of methoxy groups -OCH3 is 1. The Labute approximate surface area is 229 Å². The predicted octanol–water partition coefficient (Wildman–Crippen LogP) is 3.83. The number of nitrogens with one attached hydrogen (secondary N) is 2. The van der Waals surface area contributed by atoms with Crippen molar-refractivity contribution in [1.29, 1.82) is 0 Å². The second-order valence-electron chi connectivity index (χ2n) is 9.80. The average molecular weight is 553 g/mol. The number of hydrogen-bond donors (Lipinski definition) is 3. The lowest BCUT2D eigenvalue weighted by molar-refractivity contribution is 0.0853. The molecule has 0 saturated carbocycles. The first kappa shape index (κ1) is 28.4. The predicted molar refractivity (Wildman–Crippen MR) is 155 cm³/mol. The lowest BCUT2D eigenvalue weighted by atomic mass is 10.0. The van der Waals surface area contributed by atoms with Crippen LogP contribution in [0.5, 0.6) is 5.75 Å². The number of anilines is 2. The molecule has 0 fully saturated rings. The van der Waals surface area contributed by atoms with E-state index in [1.165, 1.54) is 7.11 Å². The van der Waals surface area contributed by atoms with Gasteiger partial charge in [-0.25, -0.2) is 14.4 Å². The molecule has 1 amide bonds. The van der Waals surface area contributed by atoms with Gasteiger partial charge in [-0.1, -0.05) is 6.92 Å². The van der Waals surface area contributed by atoms with Gasteiger partial charge < -0.3 is 25.8 Å². The van der Waals surface area contributed by atoms with Crippen molar-refractivity contribution >= 4 is 37.6 Å². The lowest BCUT2D eigenvalue weighted by Gasteiger charge is -2.18. The summed E-state index contributed by atoms with van der Waals surface area (Å²) in [6.45, 7) is 6.96. The fourth-order valence-electron chi connectivity index (χ4n) is 4.15. The second kappa shape index (κ2) is 12.1. The van der Waals surface area contributed by atoms with E-state index in [0.717, 1.165) is 11.3 Å². The van der Waals surface area contributed by atoms with E-state index in [9.17, 15) is 9.18 Å². The number of carbonyl (C=O) groups excluding carboxylic acids is 1. The van der Waals surface area contributed by atoms with Gasteiger partial charge >= 0.3 is 0 Å². The zero-order valence-corrected chi connectivity index (χ0v) is 23.7. The Morgan fingerprint density at radius 1 is 1.23 bits per heavy atom. The molecular formula is C28H34FN6O3P. The van der Waals surface area contributed by atoms with E-state index < -0.39 is 11.4 Å². The Morgan fingerprint density at radius 3 is 2.74 bits per heavy atom. The summed E-state index contributed by atoms with van der Waals surface area (Å²) in [5, 5.41) is 6.60. The van der Waals surface area contributed by atoms with E-state index >= 15 is 0 Å². The van der Waals surface area contributed by atoms with Crippen molar-refractivity contribution in [3.05, 3.63) is 65.9 Å². The monoisotopic (exact) mass is 552 g/mol. The van der Waals surface area contributed by atoms with Crippen LogP contribution in [0.25, 0.3) is 16.9 Å². The second-order valence-corrected chi connectivity index (χ2v) is 10.4. The van der Waals surface area contributed by atoms with Crippen LogP contribution in [0.3, 0.4) is 0 Å². The van der Waals surface area contributed by atoms with Crippen LogP contribution in [-0.4, -0.2) is 52.7 Å². The largest absolute Gasteiger partial charge is 0.494 e. The van der Waals surface area contributed by atoms with Crippen LogP contribution in [0.1, 0.15) is 36.7 Å². The highest BCUT2D eigenvalue weighted by molar-refractivity contribution is 7.28. The Bertz CT molecular complexity index is 1480. The molecule has 39 heavy (non-hydrogen) atoms. The highest BCUT2D eigenvalue weighted by Crippen LogP contribution is 2.29. The number of hydrogen-bond acceptors (Lipinski definition) is 7. The van der Waals surface area contributed by atoms with Gasteiger partial charge in [0.05, 0.1) is 32.2 Å². The molecule has 4 rings (SSSR count). The molecular weight excluding hydrogens is 518 g/mol. The summed E-state index contributed by atoms with van der Waals surface area (Å²) in [4.78, 5) is 21.8.